The average Bonchev–Trinajstić information content (AvgIpc) is 2.80. The zero-order valence-electron chi connectivity index (χ0n) is 21.8. The second-order valence-electron chi connectivity index (χ2n) is 9.83. The maximum Gasteiger partial charge on any atom is 0.383 e. The van der Waals surface area contributed by atoms with Gasteiger partial charge in [0.1, 0.15) is 28.9 Å². The van der Waals surface area contributed by atoms with Crippen LogP contribution in [0.3, 0.4) is 0 Å². The van der Waals surface area contributed by atoms with Crippen molar-refractivity contribution in [1.82, 2.24) is 0 Å². The molecule has 1 aromatic heterocycles. The molecule has 0 saturated heterocycles. The fourth-order valence-electron chi connectivity index (χ4n) is 3.50. The van der Waals surface area contributed by atoms with Crippen molar-refractivity contribution in [3.05, 3.63) is 87.8 Å². The summed E-state index contributed by atoms with van der Waals surface area (Å²) in [6.07, 6.45) is 5.97. The Balaban J connectivity index is 2.04. The van der Waals surface area contributed by atoms with Gasteiger partial charge in [0.2, 0.25) is 0 Å². The summed E-state index contributed by atoms with van der Waals surface area (Å²) >= 11 is 0. The van der Waals surface area contributed by atoms with E-state index in [4.69, 9.17) is 18.6 Å². The number of benzene rings is 2. The number of allylic oxidation sites excluding steroid dienone is 3. The van der Waals surface area contributed by atoms with Crippen LogP contribution in [0.2, 0.25) is 0 Å². The van der Waals surface area contributed by atoms with Crippen LogP contribution in [-0.4, -0.2) is 18.2 Å². The van der Waals surface area contributed by atoms with E-state index in [1.54, 1.807) is 48.5 Å². The van der Waals surface area contributed by atoms with Crippen LogP contribution in [0.1, 0.15) is 64.7 Å². The van der Waals surface area contributed by atoms with Gasteiger partial charge in [0.05, 0.1) is 5.56 Å². The molecule has 0 spiro atoms. The number of hydrogen-bond acceptors (Lipinski definition) is 6. The van der Waals surface area contributed by atoms with Crippen molar-refractivity contribution in [2.75, 3.05) is 6.61 Å². The number of hydrogen-bond donors (Lipinski definition) is 0. The summed E-state index contributed by atoms with van der Waals surface area (Å²) in [6, 6.07) is 13.6. The van der Waals surface area contributed by atoms with Gasteiger partial charge in [-0.05, 0) is 84.7 Å². The van der Waals surface area contributed by atoms with Gasteiger partial charge in [-0.1, -0.05) is 41.5 Å². The number of carbonyl (C=O) groups excluding carboxylic acids is 1. The highest BCUT2D eigenvalue weighted by molar-refractivity contribution is 5.95. The Bertz CT molecular complexity index is 1320. The summed E-state index contributed by atoms with van der Waals surface area (Å²) < 4.78 is 23.3. The fourth-order valence-corrected chi connectivity index (χ4v) is 3.50. The van der Waals surface area contributed by atoms with Gasteiger partial charge in [0, 0.05) is 0 Å². The first-order valence-corrected chi connectivity index (χ1v) is 12.0. The van der Waals surface area contributed by atoms with E-state index in [-0.39, 0.29) is 23.7 Å². The van der Waals surface area contributed by atoms with E-state index >= 15 is 0 Å². The van der Waals surface area contributed by atoms with Crippen molar-refractivity contribution in [1.29, 1.82) is 0 Å². The topological polar surface area (TPSA) is 75.0 Å². The van der Waals surface area contributed by atoms with Crippen molar-refractivity contribution < 1.29 is 23.4 Å². The Hall–Kier alpha value is -3.80. The Morgan fingerprint density at radius 2 is 1.67 bits per heavy atom. The van der Waals surface area contributed by atoms with Gasteiger partial charge in [0.25, 0.3) is 5.75 Å². The molecule has 0 aliphatic carbocycles. The molecule has 1 heterocycles. The molecule has 36 heavy (non-hydrogen) atoms. The monoisotopic (exact) mass is 490 g/mol. The minimum Gasteiger partial charge on any atom is -0.487 e. The lowest BCUT2D eigenvalue weighted by Gasteiger charge is -2.23. The lowest BCUT2D eigenvalue weighted by Crippen LogP contribution is -2.23. The number of fused-ring (bicyclic) bond motifs is 1. The van der Waals surface area contributed by atoms with Crippen LogP contribution in [0.5, 0.6) is 17.2 Å². The second kappa shape index (κ2) is 11.8. The maximum absolute atomic E-state index is 12.9. The Morgan fingerprint density at radius 3 is 2.33 bits per heavy atom. The number of rotatable bonds is 9. The summed E-state index contributed by atoms with van der Waals surface area (Å²) in [7, 11) is 0. The van der Waals surface area contributed by atoms with Gasteiger partial charge >= 0.3 is 11.6 Å². The summed E-state index contributed by atoms with van der Waals surface area (Å²) in [5.41, 5.74) is 1.67. The van der Waals surface area contributed by atoms with Crippen molar-refractivity contribution >= 4 is 16.9 Å². The quantitative estimate of drug-likeness (QED) is 0.178. The van der Waals surface area contributed by atoms with E-state index in [2.05, 4.69) is 19.9 Å². The largest absolute Gasteiger partial charge is 0.487 e. The van der Waals surface area contributed by atoms with Crippen LogP contribution in [0.4, 0.5) is 0 Å². The third-order valence-electron chi connectivity index (χ3n) is 5.18. The standard InChI is InChI=1S/C30H34O6/c1-20(2)12-10-13-21(3)18-19-33-26-25-23(16-11-17-24(25)36-30(4,5)6)34-29(32)27(26)35-28(31)22-14-8-7-9-15-22/h7-9,11-12,14-18H,10,13,19H2,1-6H3/b21-18+. The van der Waals surface area contributed by atoms with Crippen molar-refractivity contribution in [2.45, 2.75) is 60.0 Å². The summed E-state index contributed by atoms with van der Waals surface area (Å²) in [4.78, 5) is 25.7. The van der Waals surface area contributed by atoms with Crippen molar-refractivity contribution in [2.24, 2.45) is 0 Å². The molecule has 0 aliphatic rings. The molecule has 0 radical (unpaired) electrons. The van der Waals surface area contributed by atoms with E-state index in [1.165, 1.54) is 5.57 Å². The summed E-state index contributed by atoms with van der Waals surface area (Å²) in [5.74, 6) is -0.426. The molecule has 3 aromatic rings. The van der Waals surface area contributed by atoms with Crippen LogP contribution in [0, 0.1) is 0 Å². The average molecular weight is 491 g/mol. The van der Waals surface area contributed by atoms with Crippen molar-refractivity contribution in [3.8, 4) is 17.2 Å². The molecule has 6 nitrogen and oxygen atoms in total. The maximum atomic E-state index is 12.9. The molecule has 0 atom stereocenters. The van der Waals surface area contributed by atoms with E-state index in [9.17, 15) is 9.59 Å². The highest BCUT2D eigenvalue weighted by Gasteiger charge is 2.25. The van der Waals surface area contributed by atoms with Gasteiger partial charge < -0.3 is 18.6 Å². The molecular weight excluding hydrogens is 456 g/mol. The predicted molar refractivity (Wildman–Crippen MR) is 142 cm³/mol. The molecule has 0 bridgehead atoms. The summed E-state index contributed by atoms with van der Waals surface area (Å²) in [5, 5.41) is 0.429. The molecule has 3 rings (SSSR count). The minimum absolute atomic E-state index is 0.110. The van der Waals surface area contributed by atoms with Gasteiger partial charge in [-0.2, -0.15) is 0 Å². The molecule has 0 unspecified atom stereocenters. The second-order valence-corrected chi connectivity index (χ2v) is 9.83. The van der Waals surface area contributed by atoms with Gasteiger partial charge in [-0.3, -0.25) is 0 Å². The lowest BCUT2D eigenvalue weighted by molar-refractivity contribution is 0.0722. The normalized spacial score (nSPS) is 11.8. The number of carbonyl (C=O) groups is 1. The Morgan fingerprint density at radius 1 is 0.944 bits per heavy atom. The predicted octanol–water partition coefficient (Wildman–Crippen LogP) is 7.26. The molecule has 0 N–H and O–H groups in total. The first-order chi connectivity index (χ1) is 17.0. The molecule has 0 fully saturated rings. The highest BCUT2D eigenvalue weighted by Crippen LogP contribution is 2.40. The minimum atomic E-state index is -0.807. The van der Waals surface area contributed by atoms with Crippen LogP contribution in [-0.2, 0) is 0 Å². The lowest BCUT2D eigenvalue weighted by atomic mass is 10.1. The van der Waals surface area contributed by atoms with E-state index in [1.807, 2.05) is 33.8 Å². The molecule has 6 heteroatoms. The third kappa shape index (κ3) is 7.35. The third-order valence-corrected chi connectivity index (χ3v) is 5.18. The number of esters is 1. The zero-order chi connectivity index (χ0) is 26.3. The van der Waals surface area contributed by atoms with Crippen molar-refractivity contribution in [3.63, 3.8) is 0 Å². The summed E-state index contributed by atoms with van der Waals surface area (Å²) in [6.45, 7) is 12.1. The Labute approximate surface area is 212 Å². The highest BCUT2D eigenvalue weighted by atomic mass is 16.6. The fraction of sp³-hybridized carbons (Fsp3) is 0.333. The SMILES string of the molecule is CC(C)=CCC/C(C)=C/COc1c(OC(=O)c2ccccc2)c(=O)oc2cccc(OC(C)(C)C)c12. The first-order valence-electron chi connectivity index (χ1n) is 12.0. The Kier molecular flexibility index (Phi) is 8.75. The smallest absolute Gasteiger partial charge is 0.383 e. The molecule has 2 aromatic carbocycles. The molecule has 190 valence electrons. The first kappa shape index (κ1) is 26.8. The van der Waals surface area contributed by atoms with Crippen LogP contribution in [0.25, 0.3) is 11.0 Å². The molecule has 0 saturated carbocycles. The van der Waals surface area contributed by atoms with E-state index in [0.717, 1.165) is 18.4 Å². The molecular formula is C30H34O6. The van der Waals surface area contributed by atoms with Crippen LogP contribution < -0.4 is 19.8 Å². The van der Waals surface area contributed by atoms with E-state index in [0.29, 0.717) is 16.7 Å². The number of ether oxygens (including phenoxy) is 3. The van der Waals surface area contributed by atoms with E-state index < -0.39 is 17.2 Å². The zero-order valence-corrected chi connectivity index (χ0v) is 21.8. The van der Waals surface area contributed by atoms with Crippen LogP contribution >= 0.6 is 0 Å². The van der Waals surface area contributed by atoms with Gasteiger partial charge in [-0.15, -0.1) is 0 Å². The molecule has 0 aliphatic heterocycles. The van der Waals surface area contributed by atoms with Gasteiger partial charge in [0.15, 0.2) is 5.75 Å². The molecule has 0 amide bonds. The van der Waals surface area contributed by atoms with Gasteiger partial charge in [-0.25, -0.2) is 9.59 Å². The van der Waals surface area contributed by atoms with Crippen LogP contribution in [0.15, 0.2) is 81.0 Å².